The molecule has 0 aliphatic carbocycles. The SMILES string of the molecule is CCCN1[C@H](C)Cc2[nH]ccc2[C@@H]1C. The lowest BCUT2D eigenvalue weighted by Gasteiger charge is -2.38. The van der Waals surface area contributed by atoms with Crippen molar-refractivity contribution in [3.8, 4) is 0 Å². The van der Waals surface area contributed by atoms with Crippen molar-refractivity contribution < 1.29 is 0 Å². The van der Waals surface area contributed by atoms with Crippen molar-refractivity contribution in [1.29, 1.82) is 0 Å². The molecule has 2 heterocycles. The van der Waals surface area contributed by atoms with E-state index in [2.05, 4.69) is 42.9 Å². The summed E-state index contributed by atoms with van der Waals surface area (Å²) in [5, 5.41) is 0. The van der Waals surface area contributed by atoms with Crippen LogP contribution in [0.25, 0.3) is 0 Å². The van der Waals surface area contributed by atoms with Crippen molar-refractivity contribution in [3.05, 3.63) is 23.5 Å². The number of fused-ring (bicyclic) bond motifs is 1. The van der Waals surface area contributed by atoms with Gasteiger partial charge in [0.05, 0.1) is 0 Å². The molecule has 0 aromatic carbocycles. The second kappa shape index (κ2) is 3.77. The standard InChI is InChI=1S/C12H20N2/c1-4-7-14-9(2)8-12-11(10(14)3)5-6-13-12/h5-6,9-10,13H,4,7-8H2,1-3H3/t9-,10+/m1/s1. The lowest BCUT2D eigenvalue weighted by Crippen LogP contribution is -2.41. The van der Waals surface area contributed by atoms with Gasteiger partial charge >= 0.3 is 0 Å². The summed E-state index contributed by atoms with van der Waals surface area (Å²) in [6.07, 6.45) is 4.49. The summed E-state index contributed by atoms with van der Waals surface area (Å²) in [5.41, 5.74) is 2.94. The van der Waals surface area contributed by atoms with E-state index in [1.54, 1.807) is 0 Å². The molecule has 1 aliphatic heterocycles. The molecular formula is C12H20N2. The third-order valence-corrected chi connectivity index (χ3v) is 3.36. The van der Waals surface area contributed by atoms with Gasteiger partial charge in [0.15, 0.2) is 0 Å². The van der Waals surface area contributed by atoms with Crippen LogP contribution < -0.4 is 0 Å². The summed E-state index contributed by atoms with van der Waals surface area (Å²) >= 11 is 0. The first-order chi connectivity index (χ1) is 6.74. The van der Waals surface area contributed by atoms with Gasteiger partial charge in [-0.05, 0) is 38.4 Å². The summed E-state index contributed by atoms with van der Waals surface area (Å²) in [4.78, 5) is 5.96. The molecule has 0 amide bonds. The van der Waals surface area contributed by atoms with Crippen LogP contribution in [-0.2, 0) is 6.42 Å². The molecule has 1 aromatic heterocycles. The Balaban J connectivity index is 2.25. The maximum atomic E-state index is 3.35. The van der Waals surface area contributed by atoms with Gasteiger partial charge in [0.25, 0.3) is 0 Å². The van der Waals surface area contributed by atoms with Crippen molar-refractivity contribution in [1.82, 2.24) is 9.88 Å². The Morgan fingerprint density at radius 2 is 2.29 bits per heavy atom. The van der Waals surface area contributed by atoms with E-state index in [1.165, 1.54) is 30.6 Å². The zero-order chi connectivity index (χ0) is 10.1. The van der Waals surface area contributed by atoms with Gasteiger partial charge in [-0.3, -0.25) is 4.90 Å². The predicted molar refractivity (Wildman–Crippen MR) is 59.4 cm³/mol. The quantitative estimate of drug-likeness (QED) is 0.763. The van der Waals surface area contributed by atoms with E-state index in [0.717, 1.165) is 0 Å². The van der Waals surface area contributed by atoms with Crippen LogP contribution in [0, 0.1) is 0 Å². The van der Waals surface area contributed by atoms with Gasteiger partial charge in [-0.15, -0.1) is 0 Å². The van der Waals surface area contributed by atoms with Crippen molar-refractivity contribution in [2.24, 2.45) is 0 Å². The van der Waals surface area contributed by atoms with Gasteiger partial charge in [0.1, 0.15) is 0 Å². The van der Waals surface area contributed by atoms with Gasteiger partial charge in [-0.25, -0.2) is 0 Å². The fourth-order valence-corrected chi connectivity index (χ4v) is 2.63. The van der Waals surface area contributed by atoms with Gasteiger partial charge in [-0.2, -0.15) is 0 Å². The van der Waals surface area contributed by atoms with Crippen LogP contribution in [0.1, 0.15) is 44.5 Å². The molecule has 2 rings (SSSR count). The molecule has 2 nitrogen and oxygen atoms in total. The van der Waals surface area contributed by atoms with Crippen LogP contribution >= 0.6 is 0 Å². The first-order valence-corrected chi connectivity index (χ1v) is 5.66. The first kappa shape index (κ1) is 9.78. The Kier molecular flexibility index (Phi) is 2.64. The summed E-state index contributed by atoms with van der Waals surface area (Å²) in [7, 11) is 0. The van der Waals surface area contributed by atoms with Crippen LogP contribution in [0.4, 0.5) is 0 Å². The summed E-state index contributed by atoms with van der Waals surface area (Å²) in [6.45, 7) is 8.12. The third-order valence-electron chi connectivity index (χ3n) is 3.36. The molecule has 0 unspecified atom stereocenters. The molecule has 1 aliphatic rings. The number of rotatable bonds is 2. The van der Waals surface area contributed by atoms with Crippen molar-refractivity contribution >= 4 is 0 Å². The molecule has 0 spiro atoms. The monoisotopic (exact) mass is 192 g/mol. The van der Waals surface area contributed by atoms with Gasteiger partial charge in [0.2, 0.25) is 0 Å². The Hall–Kier alpha value is -0.760. The van der Waals surface area contributed by atoms with Crippen LogP contribution in [0.2, 0.25) is 0 Å². The molecule has 14 heavy (non-hydrogen) atoms. The Morgan fingerprint density at radius 3 is 3.00 bits per heavy atom. The lowest BCUT2D eigenvalue weighted by atomic mass is 9.95. The van der Waals surface area contributed by atoms with Crippen LogP contribution in [0.15, 0.2) is 12.3 Å². The first-order valence-electron chi connectivity index (χ1n) is 5.66. The molecule has 0 radical (unpaired) electrons. The minimum absolute atomic E-state index is 0.583. The number of hydrogen-bond donors (Lipinski definition) is 1. The minimum Gasteiger partial charge on any atom is -0.365 e. The minimum atomic E-state index is 0.583. The second-order valence-corrected chi connectivity index (χ2v) is 4.38. The maximum Gasteiger partial charge on any atom is 0.0340 e. The second-order valence-electron chi connectivity index (χ2n) is 4.38. The molecule has 1 aromatic rings. The highest BCUT2D eigenvalue weighted by molar-refractivity contribution is 5.27. The molecule has 2 atom stereocenters. The number of aromatic nitrogens is 1. The highest BCUT2D eigenvalue weighted by atomic mass is 15.2. The van der Waals surface area contributed by atoms with E-state index in [9.17, 15) is 0 Å². The summed E-state index contributed by atoms with van der Waals surface area (Å²) in [6, 6.07) is 3.49. The average molecular weight is 192 g/mol. The summed E-state index contributed by atoms with van der Waals surface area (Å²) in [5.74, 6) is 0. The van der Waals surface area contributed by atoms with E-state index in [-0.39, 0.29) is 0 Å². The van der Waals surface area contributed by atoms with E-state index in [1.807, 2.05) is 0 Å². The molecular weight excluding hydrogens is 172 g/mol. The van der Waals surface area contributed by atoms with Crippen LogP contribution in [0.5, 0.6) is 0 Å². The lowest BCUT2D eigenvalue weighted by molar-refractivity contribution is 0.138. The Bertz CT molecular complexity index is 303. The molecule has 0 saturated carbocycles. The van der Waals surface area contributed by atoms with E-state index in [0.29, 0.717) is 12.1 Å². The topological polar surface area (TPSA) is 19.0 Å². The maximum absolute atomic E-state index is 3.35. The van der Waals surface area contributed by atoms with Crippen LogP contribution in [-0.4, -0.2) is 22.5 Å². The number of nitrogens with one attached hydrogen (secondary N) is 1. The smallest absolute Gasteiger partial charge is 0.0340 e. The summed E-state index contributed by atoms with van der Waals surface area (Å²) < 4.78 is 0. The van der Waals surface area contributed by atoms with E-state index < -0.39 is 0 Å². The van der Waals surface area contributed by atoms with Gasteiger partial charge < -0.3 is 4.98 Å². The van der Waals surface area contributed by atoms with Crippen molar-refractivity contribution in [3.63, 3.8) is 0 Å². The van der Waals surface area contributed by atoms with Crippen LogP contribution in [0.3, 0.4) is 0 Å². The zero-order valence-electron chi connectivity index (χ0n) is 9.38. The van der Waals surface area contributed by atoms with Gasteiger partial charge in [0, 0.05) is 30.4 Å². The fourth-order valence-electron chi connectivity index (χ4n) is 2.63. The zero-order valence-corrected chi connectivity index (χ0v) is 9.38. The van der Waals surface area contributed by atoms with Crippen molar-refractivity contribution in [2.75, 3.05) is 6.54 Å². The van der Waals surface area contributed by atoms with Crippen molar-refractivity contribution in [2.45, 2.75) is 45.7 Å². The highest BCUT2D eigenvalue weighted by Gasteiger charge is 2.28. The van der Waals surface area contributed by atoms with E-state index >= 15 is 0 Å². The fraction of sp³-hybridized carbons (Fsp3) is 0.667. The Morgan fingerprint density at radius 1 is 1.50 bits per heavy atom. The van der Waals surface area contributed by atoms with Gasteiger partial charge in [-0.1, -0.05) is 6.92 Å². The Labute approximate surface area is 86.3 Å². The number of hydrogen-bond acceptors (Lipinski definition) is 1. The molecule has 1 N–H and O–H groups in total. The largest absolute Gasteiger partial charge is 0.365 e. The molecule has 78 valence electrons. The molecule has 0 bridgehead atoms. The highest BCUT2D eigenvalue weighted by Crippen LogP contribution is 2.31. The average Bonchev–Trinajstić information content (AvgIpc) is 2.60. The third kappa shape index (κ3) is 1.48. The number of nitrogens with zero attached hydrogens (tertiary/aromatic N) is 1. The predicted octanol–water partition coefficient (Wildman–Crippen LogP) is 2.73. The number of aromatic amines is 1. The molecule has 0 fully saturated rings. The normalized spacial score (nSPS) is 27.6. The van der Waals surface area contributed by atoms with E-state index in [4.69, 9.17) is 0 Å². The number of H-pyrrole nitrogens is 1. The molecule has 2 heteroatoms. The molecule has 0 saturated heterocycles.